The molecule has 0 aromatic heterocycles. The van der Waals surface area contributed by atoms with Crippen molar-refractivity contribution in [2.75, 3.05) is 0 Å². The maximum absolute atomic E-state index is 10.8. The van der Waals surface area contributed by atoms with Crippen molar-refractivity contribution in [1.29, 1.82) is 0 Å². The molecular weight excluding hydrogens is 212 g/mol. The first-order chi connectivity index (χ1) is 4.91. The minimum atomic E-state index is -1.60. The summed E-state index contributed by atoms with van der Waals surface area (Å²) in [5.74, 6) is -0.263. The maximum atomic E-state index is 10.8. The van der Waals surface area contributed by atoms with Gasteiger partial charge in [-0.1, -0.05) is 34.8 Å². The van der Waals surface area contributed by atoms with Gasteiger partial charge in [-0.15, -0.1) is 0 Å². The third-order valence-corrected chi connectivity index (χ3v) is 1.87. The lowest BCUT2D eigenvalue weighted by Crippen LogP contribution is -2.37. The van der Waals surface area contributed by atoms with E-state index in [0.29, 0.717) is 0 Å². The van der Waals surface area contributed by atoms with Crippen LogP contribution in [0.15, 0.2) is 0 Å². The molecule has 2 atom stereocenters. The Kier molecular flexibility index (Phi) is 2.54. The number of amides is 1. The van der Waals surface area contributed by atoms with Crippen LogP contribution in [0, 0.1) is 0 Å². The van der Waals surface area contributed by atoms with Crippen LogP contribution in [0.2, 0.25) is 0 Å². The average Bonchev–Trinajstić information content (AvgIpc) is 2.11. The van der Waals surface area contributed by atoms with Gasteiger partial charge in [0.25, 0.3) is 5.91 Å². The van der Waals surface area contributed by atoms with Crippen LogP contribution in [-0.2, 0) is 9.53 Å². The number of alkyl halides is 3. The summed E-state index contributed by atoms with van der Waals surface area (Å²) in [6.45, 7) is 1.59. The van der Waals surface area contributed by atoms with Gasteiger partial charge in [-0.2, -0.15) is 0 Å². The molecular formula is C5H6Cl3NO2. The molecule has 1 aliphatic heterocycles. The van der Waals surface area contributed by atoms with Gasteiger partial charge in [0.2, 0.25) is 3.79 Å². The fraction of sp³-hybridized carbons (Fsp3) is 0.800. The summed E-state index contributed by atoms with van der Waals surface area (Å²) in [6.07, 6.45) is -1.38. The van der Waals surface area contributed by atoms with E-state index in [4.69, 9.17) is 39.5 Å². The minimum absolute atomic E-state index is 0.263. The summed E-state index contributed by atoms with van der Waals surface area (Å²) in [4.78, 5) is 10.8. The summed E-state index contributed by atoms with van der Waals surface area (Å²) in [6, 6.07) is 0. The zero-order valence-electron chi connectivity index (χ0n) is 5.61. The summed E-state index contributed by atoms with van der Waals surface area (Å²) in [5, 5.41) is 2.39. The van der Waals surface area contributed by atoms with Crippen LogP contribution in [0.25, 0.3) is 0 Å². The molecule has 0 saturated carbocycles. The lowest BCUT2D eigenvalue weighted by molar-refractivity contribution is -0.122. The van der Waals surface area contributed by atoms with Gasteiger partial charge in [0.15, 0.2) is 6.23 Å². The van der Waals surface area contributed by atoms with Crippen LogP contribution < -0.4 is 5.32 Å². The molecule has 1 N–H and O–H groups in total. The van der Waals surface area contributed by atoms with E-state index in [2.05, 4.69) is 5.32 Å². The van der Waals surface area contributed by atoms with E-state index < -0.39 is 16.1 Å². The van der Waals surface area contributed by atoms with Crippen molar-refractivity contribution in [3.63, 3.8) is 0 Å². The Morgan fingerprint density at radius 2 is 2.09 bits per heavy atom. The third-order valence-electron chi connectivity index (χ3n) is 1.28. The summed E-state index contributed by atoms with van der Waals surface area (Å²) in [7, 11) is 0. The van der Waals surface area contributed by atoms with Crippen LogP contribution >= 0.6 is 34.8 Å². The van der Waals surface area contributed by atoms with Crippen LogP contribution in [0.5, 0.6) is 0 Å². The van der Waals surface area contributed by atoms with Crippen molar-refractivity contribution in [2.24, 2.45) is 0 Å². The molecule has 1 fully saturated rings. The highest BCUT2D eigenvalue weighted by Gasteiger charge is 2.42. The number of carbonyl (C=O) groups excluding carboxylic acids is 1. The molecule has 0 aromatic carbocycles. The van der Waals surface area contributed by atoms with Crippen LogP contribution in [-0.4, -0.2) is 22.0 Å². The molecule has 64 valence electrons. The van der Waals surface area contributed by atoms with Crippen molar-refractivity contribution in [2.45, 2.75) is 23.0 Å². The van der Waals surface area contributed by atoms with E-state index in [1.54, 1.807) is 6.92 Å². The van der Waals surface area contributed by atoms with Gasteiger partial charge in [-0.05, 0) is 6.92 Å². The van der Waals surface area contributed by atoms with Crippen molar-refractivity contribution in [1.82, 2.24) is 5.32 Å². The summed E-state index contributed by atoms with van der Waals surface area (Å²) in [5.41, 5.74) is 0. The van der Waals surface area contributed by atoms with Crippen molar-refractivity contribution in [3.8, 4) is 0 Å². The maximum Gasteiger partial charge on any atom is 0.251 e. The number of ether oxygens (including phenoxy) is 1. The molecule has 11 heavy (non-hydrogen) atoms. The molecule has 0 radical (unpaired) electrons. The lowest BCUT2D eigenvalue weighted by Gasteiger charge is -2.17. The molecule has 0 spiro atoms. The van der Waals surface area contributed by atoms with Crippen LogP contribution in [0.3, 0.4) is 0 Å². The van der Waals surface area contributed by atoms with E-state index in [1.807, 2.05) is 0 Å². The smallest absolute Gasteiger partial charge is 0.251 e. The van der Waals surface area contributed by atoms with E-state index in [-0.39, 0.29) is 5.91 Å². The first kappa shape index (κ1) is 9.39. The van der Waals surface area contributed by atoms with E-state index >= 15 is 0 Å². The SMILES string of the molecule is C[C@@H]1O[C@@H](C(Cl)(Cl)Cl)NC1=O. The Morgan fingerprint density at radius 3 is 2.27 bits per heavy atom. The molecule has 3 nitrogen and oxygen atoms in total. The number of halogens is 3. The first-order valence-corrected chi connectivity index (χ1v) is 4.07. The molecule has 1 saturated heterocycles. The molecule has 6 heteroatoms. The summed E-state index contributed by atoms with van der Waals surface area (Å²) < 4.78 is 3.38. The Hall–Kier alpha value is 0.300. The predicted octanol–water partition coefficient (Wildman–Crippen LogP) is 1.22. The van der Waals surface area contributed by atoms with Crippen LogP contribution in [0.4, 0.5) is 0 Å². The third kappa shape index (κ3) is 2.12. The molecule has 1 heterocycles. The second-order valence-corrected chi connectivity index (χ2v) is 4.58. The molecule has 0 unspecified atom stereocenters. The first-order valence-electron chi connectivity index (χ1n) is 2.94. The second kappa shape index (κ2) is 2.98. The number of hydrogen-bond acceptors (Lipinski definition) is 2. The largest absolute Gasteiger partial charge is 0.341 e. The number of carbonyl (C=O) groups is 1. The number of nitrogens with one attached hydrogen (secondary N) is 1. The zero-order chi connectivity index (χ0) is 8.65. The molecule has 0 aliphatic carbocycles. The molecule has 1 aliphatic rings. The highest BCUT2D eigenvalue weighted by atomic mass is 35.6. The molecule has 0 bridgehead atoms. The van der Waals surface area contributed by atoms with Crippen molar-refractivity contribution < 1.29 is 9.53 Å². The molecule has 1 rings (SSSR count). The minimum Gasteiger partial charge on any atom is -0.341 e. The predicted molar refractivity (Wildman–Crippen MR) is 42.8 cm³/mol. The number of hydrogen-bond donors (Lipinski definition) is 1. The Labute approximate surface area is 78.9 Å². The summed E-state index contributed by atoms with van der Waals surface area (Å²) >= 11 is 16.4. The van der Waals surface area contributed by atoms with Gasteiger partial charge in [0, 0.05) is 0 Å². The van der Waals surface area contributed by atoms with E-state index in [1.165, 1.54) is 0 Å². The fourth-order valence-electron chi connectivity index (χ4n) is 0.705. The second-order valence-electron chi connectivity index (χ2n) is 2.21. The van der Waals surface area contributed by atoms with E-state index in [9.17, 15) is 4.79 Å². The van der Waals surface area contributed by atoms with Gasteiger partial charge in [-0.25, -0.2) is 0 Å². The number of rotatable bonds is 0. The van der Waals surface area contributed by atoms with Crippen molar-refractivity contribution in [3.05, 3.63) is 0 Å². The molecule has 1 amide bonds. The zero-order valence-corrected chi connectivity index (χ0v) is 7.87. The van der Waals surface area contributed by atoms with Crippen molar-refractivity contribution >= 4 is 40.7 Å². The highest BCUT2D eigenvalue weighted by molar-refractivity contribution is 6.68. The van der Waals surface area contributed by atoms with Gasteiger partial charge in [-0.3, -0.25) is 4.79 Å². The standard InChI is InChI=1S/C5H6Cl3NO2/c1-2-3(10)9-4(11-2)5(6,7)8/h2,4H,1H3,(H,9,10)/t2-,4-/m0/s1. The highest BCUT2D eigenvalue weighted by Crippen LogP contribution is 2.33. The Morgan fingerprint density at radius 1 is 1.55 bits per heavy atom. The van der Waals surface area contributed by atoms with Gasteiger partial charge in [0.1, 0.15) is 6.10 Å². The average molecular weight is 218 g/mol. The molecule has 0 aromatic rings. The lowest BCUT2D eigenvalue weighted by atomic mass is 10.4. The topological polar surface area (TPSA) is 38.3 Å². The van der Waals surface area contributed by atoms with Gasteiger partial charge < -0.3 is 10.1 Å². The van der Waals surface area contributed by atoms with E-state index in [0.717, 1.165) is 0 Å². The van der Waals surface area contributed by atoms with Crippen LogP contribution in [0.1, 0.15) is 6.92 Å². The van der Waals surface area contributed by atoms with Gasteiger partial charge in [0.05, 0.1) is 0 Å². The Bertz CT molecular complexity index is 179. The Balaban J connectivity index is 2.61. The fourth-order valence-corrected chi connectivity index (χ4v) is 1.02. The van der Waals surface area contributed by atoms with Gasteiger partial charge >= 0.3 is 0 Å². The monoisotopic (exact) mass is 217 g/mol. The quantitative estimate of drug-likeness (QED) is 0.621. The normalized spacial score (nSPS) is 32.2.